The minimum atomic E-state index is 0.344. The summed E-state index contributed by atoms with van der Waals surface area (Å²) in [5.74, 6) is 0.885. The molecule has 2 rings (SSSR count). The molecule has 17 heavy (non-hydrogen) atoms. The summed E-state index contributed by atoms with van der Waals surface area (Å²) in [6.07, 6.45) is 7.16. The largest absolute Gasteiger partial charge is 0.330 e. The van der Waals surface area contributed by atoms with Gasteiger partial charge >= 0.3 is 0 Å². The normalized spacial score (nSPS) is 29.4. The van der Waals surface area contributed by atoms with Crippen LogP contribution < -0.4 is 11.1 Å². The molecule has 1 heterocycles. The highest BCUT2D eigenvalue weighted by molar-refractivity contribution is 7.09. The van der Waals surface area contributed by atoms with Crippen LogP contribution in [0.4, 0.5) is 0 Å². The van der Waals surface area contributed by atoms with E-state index in [1.165, 1.54) is 30.6 Å². The molecule has 1 aliphatic carbocycles. The second-order valence-corrected chi connectivity index (χ2v) is 6.43. The standard InChI is InChI=1S/C13H23N3S/c1-11-2-4-13(8-14,5-3-11)9-15-6-12-7-16-10-17-12/h7,10-11,15H,2-6,8-9,14H2,1H3. The fourth-order valence-corrected chi connectivity index (χ4v) is 3.17. The molecule has 0 bridgehead atoms. The molecule has 4 heteroatoms. The van der Waals surface area contributed by atoms with E-state index in [1.807, 2.05) is 11.7 Å². The maximum Gasteiger partial charge on any atom is 0.0794 e. The van der Waals surface area contributed by atoms with Crippen LogP contribution in [-0.4, -0.2) is 18.1 Å². The first-order chi connectivity index (χ1) is 8.24. The zero-order valence-corrected chi connectivity index (χ0v) is 11.4. The fraction of sp³-hybridized carbons (Fsp3) is 0.769. The van der Waals surface area contributed by atoms with E-state index in [-0.39, 0.29) is 0 Å². The zero-order chi connectivity index (χ0) is 12.1. The summed E-state index contributed by atoms with van der Waals surface area (Å²) < 4.78 is 0. The number of rotatable bonds is 5. The van der Waals surface area contributed by atoms with E-state index in [1.54, 1.807) is 11.3 Å². The van der Waals surface area contributed by atoms with Gasteiger partial charge in [-0.1, -0.05) is 19.8 Å². The second-order valence-electron chi connectivity index (χ2n) is 5.46. The number of thiazole rings is 1. The number of aromatic nitrogens is 1. The minimum absolute atomic E-state index is 0.344. The molecule has 1 aliphatic rings. The Balaban J connectivity index is 1.79. The maximum atomic E-state index is 5.99. The van der Waals surface area contributed by atoms with Crippen molar-refractivity contribution in [3.05, 3.63) is 16.6 Å². The molecule has 0 aromatic carbocycles. The van der Waals surface area contributed by atoms with Crippen LogP contribution in [0.5, 0.6) is 0 Å². The molecule has 1 saturated carbocycles. The Morgan fingerprint density at radius 1 is 1.53 bits per heavy atom. The van der Waals surface area contributed by atoms with Gasteiger partial charge in [0.05, 0.1) is 5.51 Å². The summed E-state index contributed by atoms with van der Waals surface area (Å²) in [6.45, 7) is 5.15. The van der Waals surface area contributed by atoms with Crippen molar-refractivity contribution < 1.29 is 0 Å². The minimum Gasteiger partial charge on any atom is -0.330 e. The van der Waals surface area contributed by atoms with E-state index in [2.05, 4.69) is 17.2 Å². The highest BCUT2D eigenvalue weighted by Gasteiger charge is 2.32. The Morgan fingerprint density at radius 2 is 2.29 bits per heavy atom. The molecule has 0 aliphatic heterocycles. The summed E-state index contributed by atoms with van der Waals surface area (Å²) in [6, 6.07) is 0. The number of nitrogens with one attached hydrogen (secondary N) is 1. The number of nitrogens with zero attached hydrogens (tertiary/aromatic N) is 1. The Hall–Kier alpha value is -0.450. The van der Waals surface area contributed by atoms with Crippen LogP contribution >= 0.6 is 11.3 Å². The molecule has 0 amide bonds. The van der Waals surface area contributed by atoms with Gasteiger partial charge in [-0.05, 0) is 30.7 Å². The van der Waals surface area contributed by atoms with Gasteiger partial charge in [-0.25, -0.2) is 0 Å². The Morgan fingerprint density at radius 3 is 2.88 bits per heavy atom. The first-order valence-electron chi connectivity index (χ1n) is 6.52. The van der Waals surface area contributed by atoms with Crippen molar-refractivity contribution in [2.24, 2.45) is 17.1 Å². The van der Waals surface area contributed by atoms with Crippen LogP contribution in [0.15, 0.2) is 11.7 Å². The van der Waals surface area contributed by atoms with Gasteiger partial charge in [-0.2, -0.15) is 0 Å². The molecule has 1 aromatic heterocycles. The lowest BCUT2D eigenvalue weighted by Gasteiger charge is -2.38. The van der Waals surface area contributed by atoms with E-state index in [9.17, 15) is 0 Å². The summed E-state index contributed by atoms with van der Waals surface area (Å²) >= 11 is 1.71. The average Bonchev–Trinajstić information content (AvgIpc) is 2.85. The molecular weight excluding hydrogens is 230 g/mol. The zero-order valence-electron chi connectivity index (χ0n) is 10.6. The molecule has 0 radical (unpaired) electrons. The summed E-state index contributed by atoms with van der Waals surface area (Å²) in [5.41, 5.74) is 8.22. The van der Waals surface area contributed by atoms with Gasteiger partial charge < -0.3 is 11.1 Å². The predicted octanol–water partition coefficient (Wildman–Crippen LogP) is 2.39. The quantitative estimate of drug-likeness (QED) is 0.847. The molecule has 0 saturated heterocycles. The topological polar surface area (TPSA) is 50.9 Å². The third kappa shape index (κ3) is 3.50. The van der Waals surface area contributed by atoms with E-state index in [4.69, 9.17) is 5.73 Å². The van der Waals surface area contributed by atoms with Gasteiger partial charge in [0.15, 0.2) is 0 Å². The fourth-order valence-electron chi connectivity index (χ4n) is 2.61. The van der Waals surface area contributed by atoms with Crippen molar-refractivity contribution >= 4 is 11.3 Å². The first kappa shape index (κ1) is 13.0. The molecule has 96 valence electrons. The maximum absolute atomic E-state index is 5.99. The molecule has 0 atom stereocenters. The van der Waals surface area contributed by atoms with Gasteiger partial charge in [0.1, 0.15) is 0 Å². The second kappa shape index (κ2) is 5.94. The monoisotopic (exact) mass is 253 g/mol. The molecule has 0 unspecified atom stereocenters. The summed E-state index contributed by atoms with van der Waals surface area (Å²) in [7, 11) is 0. The molecule has 0 spiro atoms. The molecule has 3 nitrogen and oxygen atoms in total. The predicted molar refractivity (Wildman–Crippen MR) is 72.9 cm³/mol. The van der Waals surface area contributed by atoms with Crippen LogP contribution in [0.25, 0.3) is 0 Å². The van der Waals surface area contributed by atoms with E-state index in [0.29, 0.717) is 5.41 Å². The third-order valence-corrected chi connectivity index (χ3v) is 4.83. The van der Waals surface area contributed by atoms with Gasteiger partial charge in [-0.15, -0.1) is 11.3 Å². The van der Waals surface area contributed by atoms with Crippen molar-refractivity contribution in [2.45, 2.75) is 39.2 Å². The number of hydrogen-bond donors (Lipinski definition) is 2. The Kier molecular flexibility index (Phi) is 4.54. The number of hydrogen-bond acceptors (Lipinski definition) is 4. The lowest BCUT2D eigenvalue weighted by molar-refractivity contribution is 0.159. The van der Waals surface area contributed by atoms with Crippen LogP contribution in [0.3, 0.4) is 0 Å². The van der Waals surface area contributed by atoms with Crippen molar-refractivity contribution in [3.63, 3.8) is 0 Å². The summed E-state index contributed by atoms with van der Waals surface area (Å²) in [4.78, 5) is 5.40. The first-order valence-corrected chi connectivity index (χ1v) is 7.40. The summed E-state index contributed by atoms with van der Waals surface area (Å²) in [5, 5.41) is 3.55. The molecule has 1 fully saturated rings. The smallest absolute Gasteiger partial charge is 0.0794 e. The molecular formula is C13H23N3S. The molecule has 1 aromatic rings. The van der Waals surface area contributed by atoms with Gasteiger partial charge in [0, 0.05) is 24.2 Å². The average molecular weight is 253 g/mol. The van der Waals surface area contributed by atoms with Gasteiger partial charge in [0.25, 0.3) is 0 Å². The highest BCUT2D eigenvalue weighted by Crippen LogP contribution is 2.37. The van der Waals surface area contributed by atoms with Crippen molar-refractivity contribution in [1.29, 1.82) is 0 Å². The van der Waals surface area contributed by atoms with E-state index in [0.717, 1.165) is 25.6 Å². The third-order valence-electron chi connectivity index (χ3n) is 4.05. The lowest BCUT2D eigenvalue weighted by atomic mass is 9.71. The van der Waals surface area contributed by atoms with E-state index < -0.39 is 0 Å². The van der Waals surface area contributed by atoms with Crippen LogP contribution in [-0.2, 0) is 6.54 Å². The SMILES string of the molecule is CC1CCC(CN)(CNCc2cncs2)CC1. The highest BCUT2D eigenvalue weighted by atomic mass is 32.1. The van der Waals surface area contributed by atoms with Crippen LogP contribution in [0.2, 0.25) is 0 Å². The number of nitrogens with two attached hydrogens (primary N) is 1. The van der Waals surface area contributed by atoms with Crippen LogP contribution in [0, 0.1) is 11.3 Å². The lowest BCUT2D eigenvalue weighted by Crippen LogP contribution is -2.42. The Labute approximate surface area is 108 Å². The molecule has 3 N–H and O–H groups in total. The van der Waals surface area contributed by atoms with Crippen molar-refractivity contribution in [1.82, 2.24) is 10.3 Å². The van der Waals surface area contributed by atoms with Gasteiger partial charge in [-0.3, -0.25) is 4.98 Å². The van der Waals surface area contributed by atoms with E-state index >= 15 is 0 Å². The Bertz CT molecular complexity index is 315. The van der Waals surface area contributed by atoms with Gasteiger partial charge in [0.2, 0.25) is 0 Å². The van der Waals surface area contributed by atoms with Crippen molar-refractivity contribution in [2.75, 3.05) is 13.1 Å². The van der Waals surface area contributed by atoms with Crippen LogP contribution in [0.1, 0.15) is 37.5 Å². The van der Waals surface area contributed by atoms with Crippen molar-refractivity contribution in [3.8, 4) is 0 Å².